The van der Waals surface area contributed by atoms with E-state index >= 15 is 0 Å². The number of amides is 1. The maximum atomic E-state index is 12.8. The van der Waals surface area contributed by atoms with Crippen LogP contribution in [0.25, 0.3) is 0 Å². The fraction of sp³-hybridized carbons (Fsp3) is 0.632. The molecule has 0 spiro atoms. The molecule has 1 aromatic carbocycles. The van der Waals surface area contributed by atoms with Gasteiger partial charge in [0.05, 0.1) is 11.5 Å². The first-order valence-corrected chi connectivity index (χ1v) is 9.15. The van der Waals surface area contributed by atoms with Crippen LogP contribution in [-0.4, -0.2) is 35.0 Å². The lowest BCUT2D eigenvalue weighted by Gasteiger charge is -2.51. The third-order valence-corrected chi connectivity index (χ3v) is 6.22. The third kappa shape index (κ3) is 2.96. The van der Waals surface area contributed by atoms with E-state index in [1.807, 2.05) is 30.9 Å². The van der Waals surface area contributed by atoms with Gasteiger partial charge in [0.1, 0.15) is 0 Å². The van der Waals surface area contributed by atoms with Crippen LogP contribution in [0.2, 0.25) is 5.02 Å². The molecule has 0 bridgehead atoms. The lowest BCUT2D eigenvalue weighted by atomic mass is 9.66. The number of nitrogens with zero attached hydrogens (tertiary/aromatic N) is 1. The van der Waals surface area contributed by atoms with E-state index < -0.39 is 11.0 Å². The Bertz CT molecular complexity index is 616. The van der Waals surface area contributed by atoms with Crippen molar-refractivity contribution in [2.75, 3.05) is 13.1 Å². The van der Waals surface area contributed by atoms with E-state index in [0.717, 1.165) is 24.8 Å². The van der Waals surface area contributed by atoms with Crippen LogP contribution in [-0.2, 0) is 10.4 Å². The van der Waals surface area contributed by atoms with Crippen molar-refractivity contribution in [1.82, 2.24) is 4.90 Å². The summed E-state index contributed by atoms with van der Waals surface area (Å²) in [6, 6.07) is 7.36. The van der Waals surface area contributed by atoms with Crippen LogP contribution < -0.4 is 5.73 Å². The summed E-state index contributed by atoms with van der Waals surface area (Å²) >= 11 is 5.97. The van der Waals surface area contributed by atoms with Crippen LogP contribution >= 0.6 is 11.6 Å². The van der Waals surface area contributed by atoms with Crippen LogP contribution in [0, 0.1) is 11.3 Å². The first-order valence-electron chi connectivity index (χ1n) is 8.77. The standard InChI is InChI=1S/C19H27ClN2O2/c1-18(2)12-22(17(23)15-4-3-5-16(15)21)11-10-19(18,24)13-6-8-14(20)9-7-13/h6-9,15-16,24H,3-5,10-12,21H2,1-2H3/t15-,16+,19-/m0/s1. The van der Waals surface area contributed by atoms with E-state index in [-0.39, 0.29) is 17.9 Å². The summed E-state index contributed by atoms with van der Waals surface area (Å²) in [5.41, 5.74) is 5.55. The van der Waals surface area contributed by atoms with Crippen molar-refractivity contribution in [3.05, 3.63) is 34.9 Å². The molecule has 2 fully saturated rings. The van der Waals surface area contributed by atoms with Crippen molar-refractivity contribution < 1.29 is 9.90 Å². The molecule has 0 radical (unpaired) electrons. The Morgan fingerprint density at radius 2 is 1.96 bits per heavy atom. The Hall–Kier alpha value is -1.10. The van der Waals surface area contributed by atoms with Gasteiger partial charge in [-0.05, 0) is 37.0 Å². The highest BCUT2D eigenvalue weighted by molar-refractivity contribution is 6.30. The van der Waals surface area contributed by atoms with Gasteiger partial charge in [0.15, 0.2) is 0 Å². The van der Waals surface area contributed by atoms with Crippen molar-refractivity contribution in [2.24, 2.45) is 17.1 Å². The van der Waals surface area contributed by atoms with Gasteiger partial charge in [-0.3, -0.25) is 4.79 Å². The van der Waals surface area contributed by atoms with Crippen LogP contribution in [0.4, 0.5) is 0 Å². The van der Waals surface area contributed by atoms with Gasteiger partial charge in [-0.25, -0.2) is 0 Å². The monoisotopic (exact) mass is 350 g/mol. The van der Waals surface area contributed by atoms with E-state index in [0.29, 0.717) is 24.5 Å². The molecule has 0 aromatic heterocycles. The molecule has 1 aliphatic heterocycles. The molecule has 5 heteroatoms. The zero-order chi connectivity index (χ0) is 17.5. The molecule has 3 N–H and O–H groups in total. The lowest BCUT2D eigenvalue weighted by Crippen LogP contribution is -2.58. The van der Waals surface area contributed by atoms with Gasteiger partial charge in [0.25, 0.3) is 0 Å². The van der Waals surface area contributed by atoms with E-state index in [1.165, 1.54) is 0 Å². The Kier molecular flexibility index (Phi) is 4.67. The highest BCUT2D eigenvalue weighted by atomic mass is 35.5. The van der Waals surface area contributed by atoms with Gasteiger partial charge in [-0.2, -0.15) is 0 Å². The number of nitrogens with two attached hydrogens (primary N) is 1. The zero-order valence-corrected chi connectivity index (χ0v) is 15.2. The fourth-order valence-electron chi connectivity index (χ4n) is 4.30. The molecule has 1 saturated carbocycles. The fourth-order valence-corrected chi connectivity index (χ4v) is 4.43. The van der Waals surface area contributed by atoms with Crippen molar-refractivity contribution in [2.45, 2.75) is 51.2 Å². The van der Waals surface area contributed by atoms with Crippen molar-refractivity contribution in [3.8, 4) is 0 Å². The highest BCUT2D eigenvalue weighted by Gasteiger charge is 2.50. The van der Waals surface area contributed by atoms with Crippen molar-refractivity contribution >= 4 is 17.5 Å². The number of hydrogen-bond acceptors (Lipinski definition) is 3. The van der Waals surface area contributed by atoms with Crippen molar-refractivity contribution in [3.63, 3.8) is 0 Å². The average Bonchev–Trinajstić information content (AvgIpc) is 2.96. The summed E-state index contributed by atoms with van der Waals surface area (Å²) in [5, 5.41) is 12.0. The Balaban J connectivity index is 1.79. The van der Waals surface area contributed by atoms with Gasteiger partial charge in [0.2, 0.25) is 5.91 Å². The molecule has 3 atom stereocenters. The Morgan fingerprint density at radius 3 is 2.50 bits per heavy atom. The first kappa shape index (κ1) is 17.7. The zero-order valence-electron chi connectivity index (χ0n) is 14.5. The van der Waals surface area contributed by atoms with E-state index in [9.17, 15) is 9.90 Å². The number of benzene rings is 1. The SMILES string of the molecule is CC1(C)CN(C(=O)[C@H]2CCC[C@H]2N)CC[C@]1(O)c1ccc(Cl)cc1. The average molecular weight is 351 g/mol. The number of aliphatic hydroxyl groups is 1. The summed E-state index contributed by atoms with van der Waals surface area (Å²) < 4.78 is 0. The highest BCUT2D eigenvalue weighted by Crippen LogP contribution is 2.46. The van der Waals surface area contributed by atoms with Gasteiger partial charge >= 0.3 is 0 Å². The number of piperidine rings is 1. The minimum Gasteiger partial charge on any atom is -0.384 e. The third-order valence-electron chi connectivity index (χ3n) is 5.97. The number of carbonyl (C=O) groups excluding carboxylic acids is 1. The predicted octanol–water partition coefficient (Wildman–Crippen LogP) is 2.91. The summed E-state index contributed by atoms with van der Waals surface area (Å²) in [6.45, 7) is 5.14. The normalized spacial score (nSPS) is 32.8. The van der Waals surface area contributed by atoms with Crippen LogP contribution in [0.15, 0.2) is 24.3 Å². The minimum absolute atomic E-state index is 0.0160. The molecule has 2 aliphatic rings. The molecule has 1 saturated heterocycles. The summed E-state index contributed by atoms with van der Waals surface area (Å²) in [6.07, 6.45) is 3.37. The largest absolute Gasteiger partial charge is 0.384 e. The molecule has 1 aromatic rings. The molecule has 132 valence electrons. The topological polar surface area (TPSA) is 66.6 Å². The Labute approximate surface area is 149 Å². The number of carbonyl (C=O) groups is 1. The summed E-state index contributed by atoms with van der Waals surface area (Å²) in [7, 11) is 0. The van der Waals surface area contributed by atoms with E-state index in [4.69, 9.17) is 17.3 Å². The second kappa shape index (κ2) is 6.32. The second-order valence-electron chi connectivity index (χ2n) is 7.96. The number of likely N-dealkylation sites (tertiary alicyclic amines) is 1. The molecule has 3 rings (SSSR count). The second-order valence-corrected chi connectivity index (χ2v) is 8.40. The minimum atomic E-state index is -0.966. The molecule has 0 unspecified atom stereocenters. The van der Waals surface area contributed by atoms with Crippen LogP contribution in [0.5, 0.6) is 0 Å². The molecule has 1 heterocycles. The molecule has 4 nitrogen and oxygen atoms in total. The molecule has 1 amide bonds. The van der Waals surface area contributed by atoms with Crippen molar-refractivity contribution in [1.29, 1.82) is 0 Å². The predicted molar refractivity (Wildman–Crippen MR) is 95.6 cm³/mol. The van der Waals surface area contributed by atoms with Crippen LogP contribution in [0.1, 0.15) is 45.1 Å². The number of hydrogen-bond donors (Lipinski definition) is 2. The molecule has 24 heavy (non-hydrogen) atoms. The summed E-state index contributed by atoms with van der Waals surface area (Å²) in [5.74, 6) is 0.105. The van der Waals surface area contributed by atoms with Gasteiger partial charge in [0, 0.05) is 29.6 Å². The van der Waals surface area contributed by atoms with E-state index in [1.54, 1.807) is 12.1 Å². The van der Waals surface area contributed by atoms with Gasteiger partial charge in [-0.1, -0.05) is 44.0 Å². The lowest BCUT2D eigenvalue weighted by molar-refractivity contribution is -0.156. The summed E-state index contributed by atoms with van der Waals surface area (Å²) in [4.78, 5) is 14.7. The van der Waals surface area contributed by atoms with Crippen LogP contribution in [0.3, 0.4) is 0 Å². The number of rotatable bonds is 2. The van der Waals surface area contributed by atoms with Gasteiger partial charge in [-0.15, -0.1) is 0 Å². The Morgan fingerprint density at radius 1 is 1.29 bits per heavy atom. The quantitative estimate of drug-likeness (QED) is 0.861. The maximum absolute atomic E-state index is 12.8. The first-order chi connectivity index (χ1) is 11.2. The number of halogens is 1. The molecular weight excluding hydrogens is 324 g/mol. The molecule has 1 aliphatic carbocycles. The smallest absolute Gasteiger partial charge is 0.227 e. The maximum Gasteiger partial charge on any atom is 0.227 e. The molecular formula is C19H27ClN2O2. The van der Waals surface area contributed by atoms with Gasteiger partial charge < -0.3 is 15.7 Å². The van der Waals surface area contributed by atoms with E-state index in [2.05, 4.69) is 0 Å².